The van der Waals surface area contributed by atoms with Crippen LogP contribution in [0.1, 0.15) is 0 Å². The topological polar surface area (TPSA) is 75.7 Å². The van der Waals surface area contributed by atoms with Crippen LogP contribution in [0.4, 0.5) is 10.5 Å². The highest BCUT2D eigenvalue weighted by Crippen LogP contribution is 2.25. The lowest BCUT2D eigenvalue weighted by molar-refractivity contribution is 0.230. The molecule has 17 heavy (non-hydrogen) atoms. The smallest absolute Gasteiger partial charge is 0.321 e. The van der Waals surface area contributed by atoms with Crippen LogP contribution in [0.25, 0.3) is 0 Å². The number of anilines is 1. The Morgan fingerprint density at radius 3 is 2.41 bits per heavy atom. The molecule has 0 spiro atoms. The Labute approximate surface area is 100 Å². The standard InChI is InChI=1S/C10H14N2O4S/c1-12(2)10(13)11-8-6-4-5-7-9(8)16-17(3,14)15/h4-7H,1-3H3,(H,11,13). The van der Waals surface area contributed by atoms with E-state index in [0.29, 0.717) is 5.69 Å². The number of hydrogen-bond donors (Lipinski definition) is 1. The first-order valence-corrected chi connectivity index (χ1v) is 6.58. The fourth-order valence-corrected chi connectivity index (χ4v) is 1.50. The number of nitrogens with zero attached hydrogens (tertiary/aromatic N) is 1. The zero-order valence-electron chi connectivity index (χ0n) is 9.80. The molecular weight excluding hydrogens is 244 g/mol. The Bertz CT molecular complexity index is 511. The van der Waals surface area contributed by atoms with Crippen molar-refractivity contribution in [2.75, 3.05) is 25.7 Å². The van der Waals surface area contributed by atoms with E-state index in [0.717, 1.165) is 6.26 Å². The molecule has 0 fully saturated rings. The summed E-state index contributed by atoms with van der Waals surface area (Å²) in [6, 6.07) is 5.94. The van der Waals surface area contributed by atoms with Crippen LogP contribution < -0.4 is 9.50 Å². The highest BCUT2D eigenvalue weighted by atomic mass is 32.2. The minimum Gasteiger partial charge on any atom is -0.380 e. The number of nitrogens with one attached hydrogen (secondary N) is 1. The van der Waals surface area contributed by atoms with E-state index >= 15 is 0 Å². The van der Waals surface area contributed by atoms with Gasteiger partial charge in [0, 0.05) is 14.1 Å². The van der Waals surface area contributed by atoms with Crippen molar-refractivity contribution in [1.29, 1.82) is 0 Å². The second-order valence-corrected chi connectivity index (χ2v) is 5.18. The van der Waals surface area contributed by atoms with Gasteiger partial charge in [0.2, 0.25) is 0 Å². The Hall–Kier alpha value is -1.76. The molecule has 1 rings (SSSR count). The molecule has 0 saturated heterocycles. The van der Waals surface area contributed by atoms with Crippen molar-refractivity contribution in [3.8, 4) is 5.75 Å². The minimum atomic E-state index is -3.62. The number of amides is 2. The lowest BCUT2D eigenvalue weighted by atomic mass is 10.3. The predicted molar refractivity (Wildman–Crippen MR) is 64.6 cm³/mol. The molecule has 94 valence electrons. The van der Waals surface area contributed by atoms with Gasteiger partial charge < -0.3 is 14.4 Å². The van der Waals surface area contributed by atoms with E-state index in [1.807, 2.05) is 0 Å². The van der Waals surface area contributed by atoms with Gasteiger partial charge in [0.15, 0.2) is 5.75 Å². The molecule has 1 N–H and O–H groups in total. The van der Waals surface area contributed by atoms with Crippen molar-refractivity contribution in [2.24, 2.45) is 0 Å². The van der Waals surface area contributed by atoms with Crippen LogP contribution >= 0.6 is 0 Å². The van der Waals surface area contributed by atoms with E-state index in [4.69, 9.17) is 4.18 Å². The van der Waals surface area contributed by atoms with Gasteiger partial charge in [-0.15, -0.1) is 0 Å². The van der Waals surface area contributed by atoms with Crippen LogP contribution in [0.5, 0.6) is 5.75 Å². The fraction of sp³-hybridized carbons (Fsp3) is 0.300. The largest absolute Gasteiger partial charge is 0.380 e. The number of rotatable bonds is 3. The highest BCUT2D eigenvalue weighted by molar-refractivity contribution is 7.86. The van der Waals surface area contributed by atoms with Gasteiger partial charge in [0.25, 0.3) is 0 Å². The quantitative estimate of drug-likeness (QED) is 0.824. The van der Waals surface area contributed by atoms with Gasteiger partial charge in [-0.05, 0) is 12.1 Å². The van der Waals surface area contributed by atoms with Crippen molar-refractivity contribution in [3.05, 3.63) is 24.3 Å². The van der Waals surface area contributed by atoms with E-state index in [2.05, 4.69) is 5.32 Å². The molecule has 0 aromatic heterocycles. The lowest BCUT2D eigenvalue weighted by Crippen LogP contribution is -2.27. The highest BCUT2D eigenvalue weighted by Gasteiger charge is 2.12. The number of carbonyl (C=O) groups excluding carboxylic acids is 1. The van der Waals surface area contributed by atoms with Gasteiger partial charge in [0.1, 0.15) is 0 Å². The summed E-state index contributed by atoms with van der Waals surface area (Å²) in [7, 11) is -0.463. The summed E-state index contributed by atoms with van der Waals surface area (Å²) >= 11 is 0. The monoisotopic (exact) mass is 258 g/mol. The zero-order valence-corrected chi connectivity index (χ0v) is 10.6. The Kier molecular flexibility index (Phi) is 3.95. The summed E-state index contributed by atoms with van der Waals surface area (Å²) < 4.78 is 26.8. The molecule has 0 aliphatic heterocycles. The molecule has 0 heterocycles. The molecule has 6 nitrogen and oxygen atoms in total. The summed E-state index contributed by atoms with van der Waals surface area (Å²) in [6.07, 6.45) is 0.942. The number of para-hydroxylation sites is 2. The molecule has 1 aromatic rings. The average Bonchev–Trinajstić information content (AvgIpc) is 2.18. The molecule has 0 radical (unpaired) electrons. The van der Waals surface area contributed by atoms with E-state index in [1.165, 1.54) is 11.0 Å². The number of urea groups is 1. The first-order chi connectivity index (χ1) is 7.79. The summed E-state index contributed by atoms with van der Waals surface area (Å²) in [5, 5.41) is 2.53. The van der Waals surface area contributed by atoms with Crippen LogP contribution in [0, 0.1) is 0 Å². The van der Waals surface area contributed by atoms with Crippen LogP contribution in [-0.4, -0.2) is 39.7 Å². The maximum Gasteiger partial charge on any atom is 0.321 e. The third kappa shape index (κ3) is 4.31. The van der Waals surface area contributed by atoms with Crippen LogP contribution in [-0.2, 0) is 10.1 Å². The number of hydrogen-bond acceptors (Lipinski definition) is 4. The molecule has 0 atom stereocenters. The van der Waals surface area contributed by atoms with Crippen molar-refractivity contribution < 1.29 is 17.4 Å². The lowest BCUT2D eigenvalue weighted by Gasteiger charge is -2.14. The molecule has 7 heteroatoms. The number of carbonyl (C=O) groups is 1. The third-order valence-electron chi connectivity index (χ3n) is 1.78. The molecule has 0 bridgehead atoms. The van der Waals surface area contributed by atoms with Crippen LogP contribution in [0.15, 0.2) is 24.3 Å². The van der Waals surface area contributed by atoms with E-state index in [9.17, 15) is 13.2 Å². The maximum absolute atomic E-state index is 11.4. The Morgan fingerprint density at radius 1 is 1.29 bits per heavy atom. The SMILES string of the molecule is CN(C)C(=O)Nc1ccccc1OS(C)(=O)=O. The third-order valence-corrected chi connectivity index (χ3v) is 2.26. The zero-order chi connectivity index (χ0) is 13.1. The normalized spacial score (nSPS) is 10.8. The van der Waals surface area contributed by atoms with Crippen molar-refractivity contribution in [3.63, 3.8) is 0 Å². The molecule has 1 aromatic carbocycles. The Morgan fingerprint density at radius 2 is 1.88 bits per heavy atom. The number of benzene rings is 1. The van der Waals surface area contributed by atoms with E-state index in [1.54, 1.807) is 32.3 Å². The van der Waals surface area contributed by atoms with Gasteiger partial charge >= 0.3 is 16.1 Å². The average molecular weight is 258 g/mol. The van der Waals surface area contributed by atoms with Gasteiger partial charge in [-0.2, -0.15) is 8.42 Å². The first-order valence-electron chi connectivity index (χ1n) is 4.76. The minimum absolute atomic E-state index is 0.0881. The van der Waals surface area contributed by atoms with Crippen molar-refractivity contribution >= 4 is 21.8 Å². The maximum atomic E-state index is 11.4. The first kappa shape index (κ1) is 13.3. The molecule has 0 aliphatic rings. The molecule has 0 aliphatic carbocycles. The summed E-state index contributed by atoms with van der Waals surface area (Å²) in [5.74, 6) is 0.0881. The van der Waals surface area contributed by atoms with Gasteiger partial charge in [-0.3, -0.25) is 0 Å². The second-order valence-electron chi connectivity index (χ2n) is 3.61. The molecule has 2 amide bonds. The molecule has 0 saturated carbocycles. The van der Waals surface area contributed by atoms with Crippen molar-refractivity contribution in [1.82, 2.24) is 4.90 Å². The van der Waals surface area contributed by atoms with Crippen molar-refractivity contribution in [2.45, 2.75) is 0 Å². The van der Waals surface area contributed by atoms with Gasteiger partial charge in [0.05, 0.1) is 11.9 Å². The van der Waals surface area contributed by atoms with Gasteiger partial charge in [-0.25, -0.2) is 4.79 Å². The summed E-state index contributed by atoms with van der Waals surface area (Å²) in [6.45, 7) is 0. The van der Waals surface area contributed by atoms with Crippen LogP contribution in [0.2, 0.25) is 0 Å². The molecular formula is C10H14N2O4S. The fourth-order valence-electron chi connectivity index (χ4n) is 1.03. The van der Waals surface area contributed by atoms with E-state index in [-0.39, 0.29) is 11.8 Å². The summed E-state index contributed by atoms with van der Waals surface area (Å²) in [5.41, 5.74) is 0.302. The van der Waals surface area contributed by atoms with E-state index < -0.39 is 10.1 Å². The molecule has 0 unspecified atom stereocenters. The Balaban J connectivity index is 2.96. The predicted octanol–water partition coefficient (Wildman–Crippen LogP) is 1.12. The summed E-state index contributed by atoms with van der Waals surface area (Å²) in [4.78, 5) is 12.8. The van der Waals surface area contributed by atoms with Gasteiger partial charge in [-0.1, -0.05) is 12.1 Å². The van der Waals surface area contributed by atoms with Crippen LogP contribution in [0.3, 0.4) is 0 Å². The second kappa shape index (κ2) is 5.05.